The van der Waals surface area contributed by atoms with Crippen LogP contribution in [0.4, 0.5) is 0 Å². The molecule has 2 unspecified atom stereocenters. The van der Waals surface area contributed by atoms with Crippen molar-refractivity contribution < 1.29 is 0 Å². The first-order valence-electron chi connectivity index (χ1n) is 7.83. The molecule has 4 rings (SSSR count). The smallest absolute Gasteiger partial charge is 0.0627 e. The lowest BCUT2D eigenvalue weighted by Crippen LogP contribution is -2.64. The fraction of sp³-hybridized carbons (Fsp3) is 0.625. The van der Waals surface area contributed by atoms with E-state index in [4.69, 9.17) is 5.84 Å². The third kappa shape index (κ3) is 2.74. The molecule has 0 aromatic heterocycles. The van der Waals surface area contributed by atoms with Crippen LogP contribution in [0.25, 0.3) is 0 Å². The average Bonchev–Trinajstić information content (AvgIpc) is 2.51. The molecule has 2 atom stereocenters. The van der Waals surface area contributed by atoms with E-state index < -0.39 is 0 Å². The summed E-state index contributed by atoms with van der Waals surface area (Å²) in [6.45, 7) is 8.13. The summed E-state index contributed by atoms with van der Waals surface area (Å²) in [6.07, 6.45) is 2.35. The summed E-state index contributed by atoms with van der Waals surface area (Å²) < 4.78 is 0. The number of rotatable bonds is 5. The van der Waals surface area contributed by atoms with Crippen molar-refractivity contribution in [2.75, 3.05) is 32.7 Å². The van der Waals surface area contributed by atoms with Crippen molar-refractivity contribution in [1.82, 2.24) is 15.2 Å². The highest BCUT2D eigenvalue weighted by molar-refractivity contribution is 5.26. The number of benzene rings is 1. The zero-order chi connectivity index (χ0) is 13.9. The Morgan fingerprint density at radius 2 is 1.90 bits per heavy atom. The van der Waals surface area contributed by atoms with Gasteiger partial charge in [-0.1, -0.05) is 37.6 Å². The van der Waals surface area contributed by atoms with Crippen molar-refractivity contribution in [2.24, 2.45) is 5.84 Å². The van der Waals surface area contributed by atoms with Crippen LogP contribution in [0.1, 0.15) is 30.5 Å². The lowest BCUT2D eigenvalue weighted by molar-refractivity contribution is -0.00369. The molecule has 4 heteroatoms. The molecule has 1 aromatic rings. The van der Waals surface area contributed by atoms with Crippen molar-refractivity contribution in [3.05, 3.63) is 35.4 Å². The molecule has 0 radical (unpaired) electrons. The highest BCUT2D eigenvalue weighted by Gasteiger charge is 2.36. The Balaban J connectivity index is 1.75. The normalized spacial score (nSPS) is 30.4. The zero-order valence-electron chi connectivity index (χ0n) is 12.4. The van der Waals surface area contributed by atoms with Crippen LogP contribution in [-0.4, -0.2) is 48.6 Å². The van der Waals surface area contributed by atoms with E-state index in [9.17, 15) is 0 Å². The molecule has 3 heterocycles. The molecule has 3 N–H and O–H groups in total. The number of hydrogen-bond donors (Lipinski definition) is 2. The van der Waals surface area contributed by atoms with Gasteiger partial charge in [0, 0.05) is 38.8 Å². The molecule has 0 amide bonds. The van der Waals surface area contributed by atoms with Crippen molar-refractivity contribution in [1.29, 1.82) is 0 Å². The first kappa shape index (κ1) is 14.0. The minimum absolute atomic E-state index is 0.230. The number of hydrazine groups is 1. The SMILES string of the molecule is CCCc1ccc(C(NN)C2CN3CCN2CC3)cc1. The Labute approximate surface area is 121 Å². The second-order valence-corrected chi connectivity index (χ2v) is 6.04. The molecule has 2 bridgehead atoms. The minimum atomic E-state index is 0.230. The largest absolute Gasteiger partial charge is 0.299 e. The third-order valence-electron chi connectivity index (χ3n) is 4.76. The zero-order valence-corrected chi connectivity index (χ0v) is 12.4. The number of fused-ring (bicyclic) bond motifs is 3. The van der Waals surface area contributed by atoms with Gasteiger partial charge in [-0.15, -0.1) is 0 Å². The fourth-order valence-electron chi connectivity index (χ4n) is 3.58. The van der Waals surface area contributed by atoms with Crippen molar-refractivity contribution in [3.8, 4) is 0 Å². The van der Waals surface area contributed by atoms with Crippen molar-refractivity contribution in [2.45, 2.75) is 31.8 Å². The first-order valence-corrected chi connectivity index (χ1v) is 7.83. The van der Waals surface area contributed by atoms with E-state index in [1.54, 1.807) is 0 Å². The summed E-state index contributed by atoms with van der Waals surface area (Å²) in [5.74, 6) is 5.87. The third-order valence-corrected chi connectivity index (χ3v) is 4.76. The van der Waals surface area contributed by atoms with E-state index in [1.807, 2.05) is 0 Å². The predicted molar refractivity (Wildman–Crippen MR) is 82.3 cm³/mol. The second-order valence-electron chi connectivity index (χ2n) is 6.04. The number of nitrogens with one attached hydrogen (secondary N) is 1. The Morgan fingerprint density at radius 1 is 1.20 bits per heavy atom. The van der Waals surface area contributed by atoms with Crippen molar-refractivity contribution >= 4 is 0 Å². The van der Waals surface area contributed by atoms with Gasteiger partial charge < -0.3 is 0 Å². The monoisotopic (exact) mass is 274 g/mol. The molecule has 3 fully saturated rings. The number of nitrogens with two attached hydrogens (primary N) is 1. The maximum absolute atomic E-state index is 5.87. The highest BCUT2D eigenvalue weighted by atomic mass is 15.4. The van der Waals surface area contributed by atoms with Gasteiger partial charge >= 0.3 is 0 Å². The molecule has 4 nitrogen and oxygen atoms in total. The topological polar surface area (TPSA) is 44.5 Å². The van der Waals surface area contributed by atoms with Crippen LogP contribution in [0.5, 0.6) is 0 Å². The maximum Gasteiger partial charge on any atom is 0.0627 e. The van der Waals surface area contributed by atoms with Gasteiger partial charge in [0.05, 0.1) is 6.04 Å². The molecule has 1 aromatic carbocycles. The van der Waals surface area contributed by atoms with Gasteiger partial charge in [0.2, 0.25) is 0 Å². The van der Waals surface area contributed by atoms with E-state index in [0.29, 0.717) is 6.04 Å². The predicted octanol–water partition coefficient (Wildman–Crippen LogP) is 1.14. The van der Waals surface area contributed by atoms with Gasteiger partial charge in [-0.3, -0.25) is 21.1 Å². The summed E-state index contributed by atoms with van der Waals surface area (Å²) in [5.41, 5.74) is 5.79. The standard InChI is InChI=1S/C16H26N4/c1-2-3-13-4-6-14(7-5-13)16(18-17)15-12-19-8-10-20(15)11-9-19/h4-7,15-16,18H,2-3,8-12,17H2,1H3. The van der Waals surface area contributed by atoms with Crippen molar-refractivity contribution in [3.63, 3.8) is 0 Å². The molecular formula is C16H26N4. The highest BCUT2D eigenvalue weighted by Crippen LogP contribution is 2.27. The van der Waals surface area contributed by atoms with E-state index in [2.05, 4.69) is 46.4 Å². The van der Waals surface area contributed by atoms with Gasteiger partial charge in [-0.05, 0) is 17.5 Å². The van der Waals surface area contributed by atoms with Crippen LogP contribution >= 0.6 is 0 Å². The lowest BCUT2D eigenvalue weighted by atomic mass is 9.93. The molecule has 0 aliphatic carbocycles. The molecule has 110 valence electrons. The van der Waals surface area contributed by atoms with Gasteiger partial charge in [0.15, 0.2) is 0 Å². The van der Waals surface area contributed by atoms with Crippen LogP contribution in [0.2, 0.25) is 0 Å². The molecule has 0 spiro atoms. The Morgan fingerprint density at radius 3 is 2.40 bits per heavy atom. The number of aryl methyl sites for hydroxylation is 1. The summed E-state index contributed by atoms with van der Waals surface area (Å²) >= 11 is 0. The summed E-state index contributed by atoms with van der Waals surface area (Å²) in [6, 6.07) is 9.72. The van der Waals surface area contributed by atoms with Crippen LogP contribution in [0, 0.1) is 0 Å². The van der Waals surface area contributed by atoms with E-state index in [-0.39, 0.29) is 6.04 Å². The second kappa shape index (κ2) is 6.22. The molecule has 0 saturated carbocycles. The van der Waals surface area contributed by atoms with Crippen LogP contribution < -0.4 is 11.3 Å². The Hall–Kier alpha value is -0.940. The molecule has 3 saturated heterocycles. The average molecular weight is 274 g/mol. The van der Waals surface area contributed by atoms with E-state index >= 15 is 0 Å². The Kier molecular flexibility index (Phi) is 4.36. The number of hydrogen-bond acceptors (Lipinski definition) is 4. The quantitative estimate of drug-likeness (QED) is 0.624. The molecule has 3 aliphatic rings. The van der Waals surface area contributed by atoms with Gasteiger partial charge in [-0.25, -0.2) is 0 Å². The van der Waals surface area contributed by atoms with Gasteiger partial charge in [0.25, 0.3) is 0 Å². The fourth-order valence-corrected chi connectivity index (χ4v) is 3.58. The summed E-state index contributed by atoms with van der Waals surface area (Å²) in [7, 11) is 0. The Bertz CT molecular complexity index is 423. The molecule has 20 heavy (non-hydrogen) atoms. The molecular weight excluding hydrogens is 248 g/mol. The number of nitrogens with zero attached hydrogens (tertiary/aromatic N) is 2. The van der Waals surface area contributed by atoms with Crippen LogP contribution in [0.15, 0.2) is 24.3 Å². The molecule has 3 aliphatic heterocycles. The van der Waals surface area contributed by atoms with Crippen LogP contribution in [0.3, 0.4) is 0 Å². The number of piperazine rings is 3. The van der Waals surface area contributed by atoms with Gasteiger partial charge in [0.1, 0.15) is 0 Å². The summed E-state index contributed by atoms with van der Waals surface area (Å²) in [4.78, 5) is 5.14. The van der Waals surface area contributed by atoms with Gasteiger partial charge in [-0.2, -0.15) is 0 Å². The maximum atomic E-state index is 5.87. The van der Waals surface area contributed by atoms with E-state index in [1.165, 1.54) is 43.7 Å². The summed E-state index contributed by atoms with van der Waals surface area (Å²) in [5, 5.41) is 0. The minimum Gasteiger partial charge on any atom is -0.299 e. The first-order chi connectivity index (χ1) is 9.81. The lowest BCUT2D eigenvalue weighted by Gasteiger charge is -2.50. The van der Waals surface area contributed by atoms with E-state index in [0.717, 1.165) is 13.0 Å². The van der Waals surface area contributed by atoms with Crippen LogP contribution in [-0.2, 0) is 6.42 Å².